The van der Waals surface area contributed by atoms with Gasteiger partial charge in [0.15, 0.2) is 0 Å². The first-order valence-corrected chi connectivity index (χ1v) is 6.89. The van der Waals surface area contributed by atoms with Crippen molar-refractivity contribution in [1.82, 2.24) is 0 Å². The van der Waals surface area contributed by atoms with Gasteiger partial charge in [-0.15, -0.1) is 0 Å². The molecule has 0 amide bonds. The van der Waals surface area contributed by atoms with Crippen LogP contribution in [0.3, 0.4) is 0 Å². The van der Waals surface area contributed by atoms with E-state index in [1.165, 1.54) is 5.56 Å². The smallest absolute Gasteiger partial charge is 0.0334 e. The van der Waals surface area contributed by atoms with Crippen molar-refractivity contribution in [2.45, 2.75) is 32.7 Å². The van der Waals surface area contributed by atoms with Crippen LogP contribution in [-0.2, 0) is 0 Å². The van der Waals surface area contributed by atoms with Crippen molar-refractivity contribution < 1.29 is 0 Å². The summed E-state index contributed by atoms with van der Waals surface area (Å²) >= 11 is 7.04. The molecule has 1 rings (SSSR count). The van der Waals surface area contributed by atoms with Gasteiger partial charge in [-0.05, 0) is 29.7 Å². The van der Waals surface area contributed by atoms with Crippen molar-refractivity contribution >= 4 is 31.9 Å². The molecule has 0 aliphatic heterocycles. The summed E-state index contributed by atoms with van der Waals surface area (Å²) in [6.45, 7) is 4.39. The summed E-state index contributed by atoms with van der Waals surface area (Å²) in [6.07, 6.45) is 2.24. The molecule has 0 heterocycles. The van der Waals surface area contributed by atoms with Crippen LogP contribution in [0.5, 0.6) is 0 Å². The van der Waals surface area contributed by atoms with Crippen LogP contribution in [-0.4, -0.2) is 0 Å². The number of hydrogen-bond donors (Lipinski definition) is 1. The third-order valence-corrected chi connectivity index (χ3v) is 4.09. The van der Waals surface area contributed by atoms with Crippen LogP contribution < -0.4 is 5.73 Å². The summed E-state index contributed by atoms with van der Waals surface area (Å²) in [5, 5.41) is 0. The molecule has 0 fully saturated rings. The van der Waals surface area contributed by atoms with Crippen LogP contribution >= 0.6 is 31.9 Å². The first kappa shape index (κ1) is 13.2. The fraction of sp³-hybridized carbons (Fsp3) is 0.500. The highest BCUT2D eigenvalue weighted by molar-refractivity contribution is 9.11. The van der Waals surface area contributed by atoms with E-state index in [2.05, 4.69) is 51.8 Å². The molecular weight excluding hydrogens is 318 g/mol. The van der Waals surface area contributed by atoms with Gasteiger partial charge < -0.3 is 5.73 Å². The van der Waals surface area contributed by atoms with Gasteiger partial charge >= 0.3 is 0 Å². The van der Waals surface area contributed by atoms with Gasteiger partial charge in [0, 0.05) is 15.0 Å². The van der Waals surface area contributed by atoms with E-state index in [0.29, 0.717) is 5.92 Å². The second kappa shape index (κ2) is 6.02. The van der Waals surface area contributed by atoms with Gasteiger partial charge in [0.25, 0.3) is 0 Å². The molecule has 1 unspecified atom stereocenters. The highest BCUT2D eigenvalue weighted by atomic mass is 79.9. The Hall–Kier alpha value is 0.140. The highest BCUT2D eigenvalue weighted by Gasteiger charge is 2.18. The Labute approximate surface area is 109 Å². The molecule has 15 heavy (non-hydrogen) atoms. The van der Waals surface area contributed by atoms with E-state index in [4.69, 9.17) is 5.73 Å². The van der Waals surface area contributed by atoms with Crippen LogP contribution in [0.25, 0.3) is 0 Å². The van der Waals surface area contributed by atoms with Crippen molar-refractivity contribution in [2.75, 3.05) is 0 Å². The maximum atomic E-state index is 6.28. The molecular formula is C12H17Br2N. The molecule has 0 saturated carbocycles. The lowest BCUT2D eigenvalue weighted by Crippen LogP contribution is -2.20. The molecule has 84 valence electrons. The molecule has 0 aliphatic carbocycles. The molecule has 0 spiro atoms. The second-order valence-corrected chi connectivity index (χ2v) is 5.54. The topological polar surface area (TPSA) is 26.0 Å². The van der Waals surface area contributed by atoms with Gasteiger partial charge in [-0.3, -0.25) is 0 Å². The van der Waals surface area contributed by atoms with E-state index in [-0.39, 0.29) is 6.04 Å². The number of benzene rings is 1. The standard InChI is InChI=1S/C12H17Br2N/c1-3-8(4-2)12(15)10-7-9(13)5-6-11(10)14/h5-8,12H,3-4,15H2,1-2H3. The molecule has 1 aromatic rings. The predicted octanol–water partition coefficient (Wildman–Crippen LogP) is 4.65. The van der Waals surface area contributed by atoms with Gasteiger partial charge in [-0.2, -0.15) is 0 Å². The first-order valence-electron chi connectivity index (χ1n) is 5.30. The number of nitrogens with two attached hydrogens (primary N) is 1. The van der Waals surface area contributed by atoms with Crippen LogP contribution in [0, 0.1) is 5.92 Å². The summed E-state index contributed by atoms with van der Waals surface area (Å²) < 4.78 is 2.19. The Bertz CT molecular complexity index is 321. The summed E-state index contributed by atoms with van der Waals surface area (Å²) in [5.74, 6) is 0.551. The van der Waals surface area contributed by atoms with Gasteiger partial charge in [0.1, 0.15) is 0 Å². The van der Waals surface area contributed by atoms with Crippen LogP contribution in [0.4, 0.5) is 0 Å². The van der Waals surface area contributed by atoms with Crippen molar-refractivity contribution in [1.29, 1.82) is 0 Å². The summed E-state index contributed by atoms with van der Waals surface area (Å²) in [7, 11) is 0. The molecule has 2 N–H and O–H groups in total. The van der Waals surface area contributed by atoms with E-state index in [0.717, 1.165) is 21.8 Å². The molecule has 0 saturated heterocycles. The van der Waals surface area contributed by atoms with E-state index >= 15 is 0 Å². The zero-order chi connectivity index (χ0) is 11.4. The van der Waals surface area contributed by atoms with Crippen molar-refractivity contribution in [3.8, 4) is 0 Å². The van der Waals surface area contributed by atoms with E-state index < -0.39 is 0 Å². The van der Waals surface area contributed by atoms with Gasteiger partial charge in [0.05, 0.1) is 0 Å². The fourth-order valence-corrected chi connectivity index (χ4v) is 2.71. The largest absolute Gasteiger partial charge is 0.324 e. The Kier molecular flexibility index (Phi) is 5.30. The minimum Gasteiger partial charge on any atom is -0.324 e. The Morgan fingerprint density at radius 1 is 1.20 bits per heavy atom. The lowest BCUT2D eigenvalue weighted by Gasteiger charge is -2.22. The number of hydrogen-bond acceptors (Lipinski definition) is 1. The maximum absolute atomic E-state index is 6.28. The third kappa shape index (κ3) is 3.30. The summed E-state index contributed by atoms with van der Waals surface area (Å²) in [4.78, 5) is 0. The third-order valence-electron chi connectivity index (χ3n) is 2.87. The fourth-order valence-electron chi connectivity index (χ4n) is 1.82. The minimum atomic E-state index is 0.117. The monoisotopic (exact) mass is 333 g/mol. The van der Waals surface area contributed by atoms with Gasteiger partial charge in [-0.1, -0.05) is 58.5 Å². The Morgan fingerprint density at radius 2 is 1.80 bits per heavy atom. The Balaban J connectivity index is 2.98. The van der Waals surface area contributed by atoms with E-state index in [1.54, 1.807) is 0 Å². The van der Waals surface area contributed by atoms with Crippen LogP contribution in [0.2, 0.25) is 0 Å². The van der Waals surface area contributed by atoms with Crippen molar-refractivity contribution in [3.05, 3.63) is 32.7 Å². The lowest BCUT2D eigenvalue weighted by molar-refractivity contribution is 0.404. The molecule has 0 bridgehead atoms. The first-order chi connectivity index (χ1) is 7.10. The highest BCUT2D eigenvalue weighted by Crippen LogP contribution is 2.32. The molecule has 1 nitrogen and oxygen atoms in total. The van der Waals surface area contributed by atoms with E-state index in [9.17, 15) is 0 Å². The molecule has 0 radical (unpaired) electrons. The average molecular weight is 335 g/mol. The molecule has 0 aromatic heterocycles. The maximum Gasteiger partial charge on any atom is 0.0334 e. The zero-order valence-corrected chi connectivity index (χ0v) is 12.3. The van der Waals surface area contributed by atoms with E-state index in [1.807, 2.05) is 12.1 Å². The average Bonchev–Trinajstić information content (AvgIpc) is 2.23. The predicted molar refractivity (Wildman–Crippen MR) is 72.8 cm³/mol. The Morgan fingerprint density at radius 3 is 2.33 bits per heavy atom. The molecule has 1 atom stereocenters. The van der Waals surface area contributed by atoms with Crippen molar-refractivity contribution in [3.63, 3.8) is 0 Å². The zero-order valence-electron chi connectivity index (χ0n) is 9.13. The minimum absolute atomic E-state index is 0.117. The summed E-state index contributed by atoms with van der Waals surface area (Å²) in [6, 6.07) is 6.29. The molecule has 1 aromatic carbocycles. The normalized spacial score (nSPS) is 13.2. The van der Waals surface area contributed by atoms with Crippen LogP contribution in [0.15, 0.2) is 27.1 Å². The van der Waals surface area contributed by atoms with Crippen molar-refractivity contribution in [2.24, 2.45) is 11.7 Å². The molecule has 0 aliphatic rings. The molecule has 3 heteroatoms. The van der Waals surface area contributed by atoms with Crippen LogP contribution in [0.1, 0.15) is 38.3 Å². The number of rotatable bonds is 4. The van der Waals surface area contributed by atoms with Gasteiger partial charge in [0.2, 0.25) is 0 Å². The quantitative estimate of drug-likeness (QED) is 0.852. The van der Waals surface area contributed by atoms with Gasteiger partial charge in [-0.25, -0.2) is 0 Å². The lowest BCUT2D eigenvalue weighted by atomic mass is 9.90. The SMILES string of the molecule is CCC(CC)C(N)c1cc(Br)ccc1Br. The second-order valence-electron chi connectivity index (χ2n) is 3.77. The summed E-state index contributed by atoms with van der Waals surface area (Å²) in [5.41, 5.74) is 7.47. The number of halogens is 2.